The van der Waals surface area contributed by atoms with E-state index in [0.29, 0.717) is 5.56 Å². The van der Waals surface area contributed by atoms with Gasteiger partial charge in [-0.1, -0.05) is 36.4 Å². The van der Waals surface area contributed by atoms with Crippen molar-refractivity contribution in [3.05, 3.63) is 80.7 Å². The first-order valence-corrected chi connectivity index (χ1v) is 10.8. The fourth-order valence-electron chi connectivity index (χ4n) is 3.10. The van der Waals surface area contributed by atoms with Gasteiger partial charge in [-0.2, -0.15) is 0 Å². The van der Waals surface area contributed by atoms with Gasteiger partial charge in [-0.3, -0.25) is 14.9 Å². The van der Waals surface area contributed by atoms with Crippen LogP contribution in [0.2, 0.25) is 0 Å². The molecule has 0 saturated carbocycles. The molecular weight excluding hydrogens is 448 g/mol. The number of carbonyl (C=O) groups excluding carboxylic acids is 3. The molecule has 1 N–H and O–H groups in total. The number of nitrogens with one attached hydrogen (secondary N) is 1. The van der Waals surface area contributed by atoms with E-state index in [9.17, 15) is 24.5 Å². The summed E-state index contributed by atoms with van der Waals surface area (Å²) < 4.78 is 10.2. The fourth-order valence-corrected chi connectivity index (χ4v) is 4.07. The van der Waals surface area contributed by atoms with Gasteiger partial charge < -0.3 is 14.8 Å². The zero-order chi connectivity index (χ0) is 24.0. The van der Waals surface area contributed by atoms with Gasteiger partial charge in [0.15, 0.2) is 6.61 Å². The number of amides is 1. The summed E-state index contributed by atoms with van der Waals surface area (Å²) in [5.74, 6) is -2.12. The molecule has 1 amide bonds. The number of nitro benzene ring substituents is 1. The van der Waals surface area contributed by atoms with E-state index in [2.05, 4.69) is 5.32 Å². The van der Waals surface area contributed by atoms with Crippen LogP contribution >= 0.6 is 11.3 Å². The van der Waals surface area contributed by atoms with Gasteiger partial charge in [0.1, 0.15) is 10.6 Å². The molecule has 3 aromatic rings. The lowest BCUT2D eigenvalue weighted by Gasteiger charge is -2.10. The third-order valence-corrected chi connectivity index (χ3v) is 5.56. The second kappa shape index (κ2) is 10.5. The Morgan fingerprint density at radius 3 is 2.42 bits per heavy atom. The minimum absolute atomic E-state index is 0.00769. The van der Waals surface area contributed by atoms with Crippen LogP contribution in [0.15, 0.2) is 53.9 Å². The minimum Gasteiger partial charge on any atom is -0.462 e. The summed E-state index contributed by atoms with van der Waals surface area (Å²) in [4.78, 5) is 47.8. The van der Waals surface area contributed by atoms with Crippen molar-refractivity contribution in [2.24, 2.45) is 0 Å². The molecule has 170 valence electrons. The molecule has 0 saturated heterocycles. The molecule has 1 aromatic heterocycles. The van der Waals surface area contributed by atoms with Crippen molar-refractivity contribution in [3.8, 4) is 11.1 Å². The topological polar surface area (TPSA) is 125 Å². The molecule has 3 rings (SSSR count). The van der Waals surface area contributed by atoms with Crippen LogP contribution in [0.1, 0.15) is 33.2 Å². The predicted octanol–water partition coefficient (Wildman–Crippen LogP) is 4.60. The predicted molar refractivity (Wildman–Crippen MR) is 122 cm³/mol. The maximum absolute atomic E-state index is 12.6. The molecule has 10 heteroatoms. The van der Waals surface area contributed by atoms with Crippen LogP contribution < -0.4 is 5.32 Å². The summed E-state index contributed by atoms with van der Waals surface area (Å²) in [6.07, 6.45) is 0. The Balaban J connectivity index is 1.75. The number of hydrogen-bond donors (Lipinski definition) is 1. The number of benzene rings is 2. The lowest BCUT2D eigenvalue weighted by atomic mass is 10.0. The van der Waals surface area contributed by atoms with Crippen molar-refractivity contribution >= 4 is 39.9 Å². The van der Waals surface area contributed by atoms with Crippen LogP contribution in [0.4, 0.5) is 10.7 Å². The lowest BCUT2D eigenvalue weighted by Crippen LogP contribution is -2.22. The molecule has 9 nitrogen and oxygen atoms in total. The highest BCUT2D eigenvalue weighted by Crippen LogP contribution is 2.36. The SMILES string of the molecule is CCOC(=O)c1c(-c2ccccc2)csc1NC(=O)COC(=O)c1cccc([N+](=O)[O-])c1C. The fraction of sp³-hybridized carbons (Fsp3) is 0.174. The number of thiophene rings is 1. The van der Waals surface area contributed by atoms with Gasteiger partial charge in [0, 0.05) is 22.6 Å². The highest BCUT2D eigenvalue weighted by molar-refractivity contribution is 7.15. The molecule has 0 bridgehead atoms. The lowest BCUT2D eigenvalue weighted by molar-refractivity contribution is -0.385. The van der Waals surface area contributed by atoms with E-state index < -0.39 is 29.4 Å². The Kier molecular flexibility index (Phi) is 7.52. The van der Waals surface area contributed by atoms with Crippen molar-refractivity contribution in [1.82, 2.24) is 0 Å². The molecule has 0 unspecified atom stereocenters. The van der Waals surface area contributed by atoms with Gasteiger partial charge in [-0.05, 0) is 25.5 Å². The van der Waals surface area contributed by atoms with Gasteiger partial charge in [0.2, 0.25) is 0 Å². The number of nitrogens with zero attached hydrogens (tertiary/aromatic N) is 1. The zero-order valence-electron chi connectivity index (χ0n) is 17.8. The van der Waals surface area contributed by atoms with Crippen LogP contribution in [-0.2, 0) is 14.3 Å². The molecule has 0 radical (unpaired) electrons. The Morgan fingerprint density at radius 1 is 1.03 bits per heavy atom. The standard InChI is InChI=1S/C23H20N2O7S/c1-3-31-23(28)20-17(15-8-5-4-6-9-15)13-33-21(20)24-19(26)12-32-22(27)16-10-7-11-18(14(16)2)25(29)30/h4-11,13H,3,12H2,1-2H3,(H,24,26). The van der Waals surface area contributed by atoms with Gasteiger partial charge in [-0.15, -0.1) is 11.3 Å². The Hall–Kier alpha value is -4.05. The molecule has 2 aromatic carbocycles. The first-order valence-electron chi connectivity index (χ1n) is 9.88. The Morgan fingerprint density at radius 2 is 1.76 bits per heavy atom. The van der Waals surface area contributed by atoms with E-state index in [1.165, 1.54) is 25.1 Å². The first kappa shape index (κ1) is 23.6. The zero-order valence-corrected chi connectivity index (χ0v) is 18.6. The average Bonchev–Trinajstić information content (AvgIpc) is 3.21. The van der Waals surface area contributed by atoms with E-state index >= 15 is 0 Å². The number of nitro groups is 1. The molecule has 0 atom stereocenters. The number of rotatable bonds is 8. The molecule has 0 aliphatic rings. The second-order valence-electron chi connectivity index (χ2n) is 6.77. The van der Waals surface area contributed by atoms with Crippen molar-refractivity contribution in [2.75, 3.05) is 18.5 Å². The molecule has 0 spiro atoms. The molecule has 33 heavy (non-hydrogen) atoms. The largest absolute Gasteiger partial charge is 0.462 e. The normalized spacial score (nSPS) is 10.4. The molecular formula is C23H20N2O7S. The summed E-state index contributed by atoms with van der Waals surface area (Å²) in [5.41, 5.74) is 1.51. The highest BCUT2D eigenvalue weighted by Gasteiger charge is 2.24. The maximum atomic E-state index is 12.6. The Labute approximate surface area is 193 Å². The summed E-state index contributed by atoms with van der Waals surface area (Å²) in [5, 5.41) is 15.6. The van der Waals surface area contributed by atoms with Crippen LogP contribution in [-0.4, -0.2) is 36.0 Å². The van der Waals surface area contributed by atoms with Gasteiger partial charge >= 0.3 is 11.9 Å². The number of anilines is 1. The summed E-state index contributed by atoms with van der Waals surface area (Å²) >= 11 is 1.14. The van der Waals surface area contributed by atoms with E-state index in [1.807, 2.05) is 30.3 Å². The van der Waals surface area contributed by atoms with E-state index in [-0.39, 0.29) is 34.0 Å². The molecule has 0 aliphatic heterocycles. The van der Waals surface area contributed by atoms with Crippen molar-refractivity contribution in [3.63, 3.8) is 0 Å². The molecule has 0 fully saturated rings. The second-order valence-corrected chi connectivity index (χ2v) is 7.65. The van der Waals surface area contributed by atoms with Crippen molar-refractivity contribution in [2.45, 2.75) is 13.8 Å². The summed E-state index contributed by atoms with van der Waals surface area (Å²) in [7, 11) is 0. The molecule has 0 aliphatic carbocycles. The average molecular weight is 468 g/mol. The van der Waals surface area contributed by atoms with Crippen molar-refractivity contribution < 1.29 is 28.8 Å². The van der Waals surface area contributed by atoms with E-state index in [0.717, 1.165) is 16.9 Å². The molecule has 1 heterocycles. The van der Waals surface area contributed by atoms with Gasteiger partial charge in [0.05, 0.1) is 17.1 Å². The minimum atomic E-state index is -0.867. The third-order valence-electron chi connectivity index (χ3n) is 4.66. The number of esters is 2. The van der Waals surface area contributed by atoms with Crippen LogP contribution in [0.3, 0.4) is 0 Å². The van der Waals surface area contributed by atoms with Crippen LogP contribution in [0, 0.1) is 17.0 Å². The first-order chi connectivity index (χ1) is 15.8. The quantitative estimate of drug-likeness (QED) is 0.291. The number of carbonyl (C=O) groups is 3. The van der Waals surface area contributed by atoms with Crippen molar-refractivity contribution in [1.29, 1.82) is 0 Å². The highest BCUT2D eigenvalue weighted by atomic mass is 32.1. The number of hydrogen-bond acceptors (Lipinski definition) is 8. The van der Waals surface area contributed by atoms with Gasteiger partial charge in [0.25, 0.3) is 11.6 Å². The van der Waals surface area contributed by atoms with Crippen LogP contribution in [0.5, 0.6) is 0 Å². The maximum Gasteiger partial charge on any atom is 0.341 e. The third kappa shape index (κ3) is 5.42. The van der Waals surface area contributed by atoms with Crippen LogP contribution in [0.25, 0.3) is 11.1 Å². The van der Waals surface area contributed by atoms with E-state index in [4.69, 9.17) is 9.47 Å². The Bertz CT molecular complexity index is 1200. The van der Waals surface area contributed by atoms with E-state index in [1.54, 1.807) is 12.3 Å². The summed E-state index contributed by atoms with van der Waals surface area (Å²) in [6, 6.07) is 13.2. The number of ether oxygens (including phenoxy) is 2. The van der Waals surface area contributed by atoms with Gasteiger partial charge in [-0.25, -0.2) is 9.59 Å². The summed E-state index contributed by atoms with van der Waals surface area (Å²) in [6.45, 7) is 2.63. The monoisotopic (exact) mass is 468 g/mol. The smallest absolute Gasteiger partial charge is 0.341 e.